The zero-order valence-electron chi connectivity index (χ0n) is 18.0. The van der Waals surface area contributed by atoms with Crippen LogP contribution in [0.3, 0.4) is 0 Å². The topological polar surface area (TPSA) is 34.1 Å². The van der Waals surface area contributed by atoms with Crippen molar-refractivity contribution in [1.82, 2.24) is 0 Å². The Kier molecular flexibility index (Phi) is 19.2. The van der Waals surface area contributed by atoms with Gasteiger partial charge in [0, 0.05) is 0 Å². The van der Waals surface area contributed by atoms with Crippen molar-refractivity contribution in [2.75, 3.05) is 14.1 Å². The molecule has 4 heteroatoms. The van der Waals surface area contributed by atoms with Crippen molar-refractivity contribution in [3.8, 4) is 0 Å². The largest absolute Gasteiger partial charge is 1.00 e. The van der Waals surface area contributed by atoms with Gasteiger partial charge >= 0.3 is 11.8 Å². The molecule has 0 aliphatic heterocycles. The van der Waals surface area contributed by atoms with Gasteiger partial charge in [-0.25, -0.2) is 14.1 Å². The molecule has 0 spiro atoms. The summed E-state index contributed by atoms with van der Waals surface area (Å²) in [5, 5.41) is 0. The smallest absolute Gasteiger partial charge is 0.320 e. The second-order valence-corrected chi connectivity index (χ2v) is 7.98. The predicted octanol–water partition coefficient (Wildman–Crippen LogP) is 3.40. The van der Waals surface area contributed by atoms with E-state index in [9.17, 15) is 9.59 Å². The molecule has 0 heterocycles. The van der Waals surface area contributed by atoms with Crippen LogP contribution in [-0.2, 0) is 9.59 Å². The van der Waals surface area contributed by atoms with Crippen LogP contribution in [0.2, 0.25) is 0 Å². The minimum Gasteiger partial charge on any atom is -1.00 e. The highest BCUT2D eigenvalue weighted by Gasteiger charge is 2.33. The summed E-state index contributed by atoms with van der Waals surface area (Å²) < 4.78 is -0.0638. The molecule has 0 aromatic rings. The molecular weight excluding hydrogens is 346 g/mol. The highest BCUT2D eigenvalue weighted by Crippen LogP contribution is 2.15. The molecule has 2 amide bonds. The first-order chi connectivity index (χ1) is 12.0. The number of nitrogens with zero attached hydrogens (tertiary/aromatic N) is 1. The van der Waals surface area contributed by atoms with Gasteiger partial charge in [-0.3, -0.25) is 0 Å². The summed E-state index contributed by atoms with van der Waals surface area (Å²) in [6.07, 6.45) is 17.9. The van der Waals surface area contributed by atoms with Crippen LogP contribution in [0.1, 0.15) is 117 Å². The summed E-state index contributed by atoms with van der Waals surface area (Å²) in [6, 6.07) is 0. The molecule has 0 saturated heterocycles. The molecule has 3 nitrogen and oxygen atoms in total. The summed E-state index contributed by atoms with van der Waals surface area (Å²) >= 11 is 0. The SMILES string of the molecule is CCCCCCCCCC(=O)[N+](C)(C)C(=O)CCCCCCCCC.[Cl-]. The van der Waals surface area contributed by atoms with Crippen molar-refractivity contribution in [2.45, 2.75) is 117 Å². The molecule has 156 valence electrons. The zero-order chi connectivity index (χ0) is 19.0. The van der Waals surface area contributed by atoms with E-state index in [-0.39, 0.29) is 28.7 Å². The van der Waals surface area contributed by atoms with E-state index in [4.69, 9.17) is 0 Å². The summed E-state index contributed by atoms with van der Waals surface area (Å²) in [5.41, 5.74) is 0. The van der Waals surface area contributed by atoms with Gasteiger partial charge in [0.2, 0.25) is 0 Å². The van der Waals surface area contributed by atoms with Gasteiger partial charge in [0.05, 0.1) is 26.9 Å². The molecule has 0 bridgehead atoms. The van der Waals surface area contributed by atoms with Crippen LogP contribution in [0.25, 0.3) is 0 Å². The first-order valence-electron chi connectivity index (χ1n) is 10.9. The molecule has 0 radical (unpaired) electrons. The fraction of sp³-hybridized carbons (Fsp3) is 0.909. The summed E-state index contributed by atoms with van der Waals surface area (Å²) in [6.45, 7) is 4.45. The van der Waals surface area contributed by atoms with Gasteiger partial charge < -0.3 is 12.4 Å². The van der Waals surface area contributed by atoms with Gasteiger partial charge in [-0.15, -0.1) is 0 Å². The van der Waals surface area contributed by atoms with E-state index in [1.165, 1.54) is 64.2 Å². The fourth-order valence-electron chi connectivity index (χ4n) is 3.16. The molecule has 0 N–H and O–H groups in total. The number of hydrogen-bond acceptors (Lipinski definition) is 2. The molecule has 0 atom stereocenters. The molecule has 0 aromatic carbocycles. The van der Waals surface area contributed by atoms with Crippen molar-refractivity contribution in [3.63, 3.8) is 0 Å². The zero-order valence-corrected chi connectivity index (χ0v) is 18.7. The lowest BCUT2D eigenvalue weighted by Gasteiger charge is -2.24. The number of rotatable bonds is 16. The van der Waals surface area contributed by atoms with E-state index in [0.717, 1.165) is 25.7 Å². The maximum Gasteiger partial charge on any atom is 0.320 e. The number of quaternary nitrogens is 1. The van der Waals surface area contributed by atoms with Gasteiger partial charge in [-0.2, -0.15) is 0 Å². The fourth-order valence-corrected chi connectivity index (χ4v) is 3.16. The molecule has 26 heavy (non-hydrogen) atoms. The standard InChI is InChI=1S/C22H44NO2.ClH/c1-5-7-9-11-13-15-17-19-21(24)23(3,4)22(25)20-18-16-14-12-10-8-6-2;/h5-20H2,1-4H3;1H/q+1;/p-1. The van der Waals surface area contributed by atoms with Gasteiger partial charge in [0.25, 0.3) is 0 Å². The number of unbranched alkanes of at least 4 members (excludes halogenated alkanes) is 12. The Balaban J connectivity index is 0. The molecule has 0 rings (SSSR count). The number of carbonyl (C=O) groups excluding carboxylic acids is 2. The highest BCUT2D eigenvalue weighted by atomic mass is 35.5. The van der Waals surface area contributed by atoms with Crippen LogP contribution in [0, 0.1) is 0 Å². The second kappa shape index (κ2) is 18.0. The maximum absolute atomic E-state index is 12.4. The predicted molar refractivity (Wildman–Crippen MR) is 107 cm³/mol. The lowest BCUT2D eigenvalue weighted by atomic mass is 10.1. The van der Waals surface area contributed by atoms with Crippen LogP contribution in [0.4, 0.5) is 0 Å². The quantitative estimate of drug-likeness (QED) is 0.299. The molecule has 0 saturated carbocycles. The molecular formula is C22H44ClNO2. The summed E-state index contributed by atoms with van der Waals surface area (Å²) in [5.74, 6) is 0.169. The Hall–Kier alpha value is -0.410. The molecule has 0 aliphatic carbocycles. The van der Waals surface area contributed by atoms with Crippen molar-refractivity contribution >= 4 is 11.8 Å². The van der Waals surface area contributed by atoms with E-state index in [1.807, 2.05) is 0 Å². The second-order valence-electron chi connectivity index (χ2n) is 7.98. The first-order valence-corrected chi connectivity index (χ1v) is 10.9. The summed E-state index contributed by atoms with van der Waals surface area (Å²) in [7, 11) is 3.54. The van der Waals surface area contributed by atoms with E-state index in [1.54, 1.807) is 14.1 Å². The van der Waals surface area contributed by atoms with Crippen molar-refractivity contribution in [1.29, 1.82) is 0 Å². The lowest BCUT2D eigenvalue weighted by molar-refractivity contribution is -0.736. The van der Waals surface area contributed by atoms with E-state index < -0.39 is 0 Å². The Labute approximate surface area is 169 Å². The Morgan fingerprint density at radius 1 is 0.538 bits per heavy atom. The lowest BCUT2D eigenvalue weighted by Crippen LogP contribution is -3.00. The van der Waals surface area contributed by atoms with Crippen LogP contribution >= 0.6 is 0 Å². The Bertz CT molecular complexity index is 324. The van der Waals surface area contributed by atoms with Crippen molar-refractivity contribution in [2.24, 2.45) is 0 Å². The normalized spacial score (nSPS) is 11.2. The van der Waals surface area contributed by atoms with E-state index in [0.29, 0.717) is 12.8 Å². The third kappa shape index (κ3) is 13.7. The minimum atomic E-state index is -0.0638. The van der Waals surface area contributed by atoms with Gasteiger partial charge in [-0.1, -0.05) is 90.9 Å². The first kappa shape index (κ1) is 27.8. The maximum atomic E-state index is 12.4. The summed E-state index contributed by atoms with van der Waals surface area (Å²) in [4.78, 5) is 24.8. The Morgan fingerprint density at radius 3 is 1.12 bits per heavy atom. The van der Waals surface area contributed by atoms with Crippen LogP contribution in [-0.4, -0.2) is 30.4 Å². The van der Waals surface area contributed by atoms with Crippen molar-refractivity contribution < 1.29 is 26.5 Å². The van der Waals surface area contributed by atoms with Gasteiger partial charge in [0.15, 0.2) is 0 Å². The van der Waals surface area contributed by atoms with E-state index in [2.05, 4.69) is 13.8 Å². The highest BCUT2D eigenvalue weighted by molar-refractivity contribution is 5.84. The third-order valence-electron chi connectivity index (χ3n) is 5.24. The van der Waals surface area contributed by atoms with Crippen LogP contribution in [0.15, 0.2) is 0 Å². The monoisotopic (exact) mass is 389 g/mol. The number of imide groups is 1. The number of amides is 2. The minimum absolute atomic E-state index is 0. The number of carbonyl (C=O) groups is 2. The Morgan fingerprint density at radius 2 is 0.808 bits per heavy atom. The number of halogens is 1. The average molecular weight is 390 g/mol. The van der Waals surface area contributed by atoms with Gasteiger partial charge in [-0.05, 0) is 12.8 Å². The molecule has 0 fully saturated rings. The molecule has 0 aromatic heterocycles. The van der Waals surface area contributed by atoms with Crippen LogP contribution < -0.4 is 12.4 Å². The third-order valence-corrected chi connectivity index (χ3v) is 5.24. The molecule has 0 unspecified atom stereocenters. The van der Waals surface area contributed by atoms with Gasteiger partial charge in [0.1, 0.15) is 0 Å². The molecule has 0 aliphatic rings. The number of hydrogen-bond donors (Lipinski definition) is 0. The average Bonchev–Trinajstić information content (AvgIpc) is 2.59. The van der Waals surface area contributed by atoms with Crippen LogP contribution in [0.5, 0.6) is 0 Å². The van der Waals surface area contributed by atoms with Crippen molar-refractivity contribution in [3.05, 3.63) is 0 Å². The van der Waals surface area contributed by atoms with E-state index >= 15 is 0 Å².